The average Bonchev–Trinajstić information content (AvgIpc) is 2.67. The Labute approximate surface area is 92.4 Å². The molecule has 0 radical (unpaired) electrons. The third-order valence-electron chi connectivity index (χ3n) is 3.89. The number of Topliss-reactive ketones (excluding diaryl/α,β-unsaturated/α-hetero) is 1. The zero-order chi connectivity index (χ0) is 10.8. The van der Waals surface area contributed by atoms with Crippen molar-refractivity contribution in [2.75, 3.05) is 27.2 Å². The van der Waals surface area contributed by atoms with Crippen molar-refractivity contribution in [3.8, 4) is 0 Å². The fourth-order valence-electron chi connectivity index (χ4n) is 2.82. The molecule has 2 rings (SSSR count). The Morgan fingerprint density at radius 1 is 1.27 bits per heavy atom. The number of hydrogen-bond acceptors (Lipinski definition) is 3. The van der Waals surface area contributed by atoms with Gasteiger partial charge in [-0.2, -0.15) is 0 Å². The molecule has 15 heavy (non-hydrogen) atoms. The zero-order valence-corrected chi connectivity index (χ0v) is 9.91. The summed E-state index contributed by atoms with van der Waals surface area (Å²) in [5, 5.41) is 0. The third-order valence-corrected chi connectivity index (χ3v) is 3.89. The molecule has 0 aromatic rings. The van der Waals surface area contributed by atoms with Crippen molar-refractivity contribution in [3.05, 3.63) is 0 Å². The minimum absolute atomic E-state index is 0.253. The molecular weight excluding hydrogens is 188 g/mol. The van der Waals surface area contributed by atoms with E-state index in [1.165, 1.54) is 12.8 Å². The Balaban J connectivity index is 1.92. The molecule has 1 aliphatic carbocycles. The summed E-state index contributed by atoms with van der Waals surface area (Å²) in [6, 6.07) is 0.906. The lowest BCUT2D eigenvalue weighted by Gasteiger charge is -2.30. The molecule has 1 heterocycles. The minimum atomic E-state index is 0.253. The summed E-state index contributed by atoms with van der Waals surface area (Å²) >= 11 is 0. The number of likely N-dealkylation sites (tertiary alicyclic amines) is 1. The van der Waals surface area contributed by atoms with Crippen LogP contribution in [0.25, 0.3) is 0 Å². The molecule has 0 aromatic carbocycles. The van der Waals surface area contributed by atoms with E-state index in [-0.39, 0.29) is 6.04 Å². The van der Waals surface area contributed by atoms with Crippen LogP contribution in [0.3, 0.4) is 0 Å². The number of nitrogens with zero attached hydrogens (tertiary/aromatic N) is 2. The third kappa shape index (κ3) is 2.40. The second-order valence-corrected chi connectivity index (χ2v) is 5.13. The second-order valence-electron chi connectivity index (χ2n) is 5.13. The largest absolute Gasteiger partial charge is 0.305 e. The quantitative estimate of drug-likeness (QED) is 0.683. The summed E-state index contributed by atoms with van der Waals surface area (Å²) in [4.78, 5) is 16.5. The first-order chi connectivity index (χ1) is 7.18. The van der Waals surface area contributed by atoms with E-state index >= 15 is 0 Å². The molecule has 1 aliphatic heterocycles. The number of carbonyl (C=O) groups is 1. The summed E-state index contributed by atoms with van der Waals surface area (Å²) in [5.41, 5.74) is 0. The highest BCUT2D eigenvalue weighted by Gasteiger charge is 2.33. The van der Waals surface area contributed by atoms with Crippen molar-refractivity contribution in [2.45, 2.75) is 44.2 Å². The molecule has 0 N–H and O–H groups in total. The monoisotopic (exact) mass is 210 g/mol. The smallest absolute Gasteiger partial charge is 0.149 e. The molecule has 3 heteroatoms. The highest BCUT2D eigenvalue weighted by atomic mass is 16.1. The van der Waals surface area contributed by atoms with E-state index in [1.807, 2.05) is 0 Å². The summed E-state index contributed by atoms with van der Waals surface area (Å²) < 4.78 is 0. The van der Waals surface area contributed by atoms with Crippen molar-refractivity contribution in [1.82, 2.24) is 9.80 Å². The molecule has 2 unspecified atom stereocenters. The van der Waals surface area contributed by atoms with Crippen LogP contribution in [0.1, 0.15) is 32.1 Å². The van der Waals surface area contributed by atoms with Crippen LogP contribution in [0.4, 0.5) is 0 Å². The van der Waals surface area contributed by atoms with Gasteiger partial charge in [-0.25, -0.2) is 0 Å². The van der Waals surface area contributed by atoms with Crippen LogP contribution in [-0.4, -0.2) is 54.9 Å². The first kappa shape index (κ1) is 11.1. The minimum Gasteiger partial charge on any atom is -0.305 e. The van der Waals surface area contributed by atoms with Gasteiger partial charge in [-0.15, -0.1) is 0 Å². The number of hydrogen-bond donors (Lipinski definition) is 0. The summed E-state index contributed by atoms with van der Waals surface area (Å²) in [6.45, 7) is 2.20. The van der Waals surface area contributed by atoms with Gasteiger partial charge in [-0.3, -0.25) is 9.69 Å². The van der Waals surface area contributed by atoms with Gasteiger partial charge in [0.1, 0.15) is 5.78 Å². The summed E-state index contributed by atoms with van der Waals surface area (Å²) in [6.07, 6.45) is 5.48. The van der Waals surface area contributed by atoms with Gasteiger partial charge < -0.3 is 4.90 Å². The molecule has 0 amide bonds. The van der Waals surface area contributed by atoms with Crippen LogP contribution in [0.15, 0.2) is 0 Å². The molecule has 2 aliphatic rings. The number of rotatable bonds is 2. The van der Waals surface area contributed by atoms with E-state index in [0.717, 1.165) is 32.4 Å². The fourth-order valence-corrected chi connectivity index (χ4v) is 2.82. The van der Waals surface area contributed by atoms with E-state index in [4.69, 9.17) is 0 Å². The maximum atomic E-state index is 11.8. The van der Waals surface area contributed by atoms with E-state index < -0.39 is 0 Å². The fraction of sp³-hybridized carbons (Fsp3) is 0.917. The SMILES string of the molecule is CN(C)C1CCN(C2CCCCC2=O)C1. The predicted octanol–water partition coefficient (Wildman–Crippen LogP) is 1.13. The molecule has 1 saturated carbocycles. The standard InChI is InChI=1S/C12H22N2O/c1-13(2)10-7-8-14(9-10)11-5-3-4-6-12(11)15/h10-11H,3-9H2,1-2H3. The van der Waals surface area contributed by atoms with Crippen LogP contribution in [0, 0.1) is 0 Å². The Morgan fingerprint density at radius 3 is 2.67 bits per heavy atom. The van der Waals surface area contributed by atoms with Crippen molar-refractivity contribution in [2.24, 2.45) is 0 Å². The first-order valence-corrected chi connectivity index (χ1v) is 6.11. The van der Waals surface area contributed by atoms with E-state index in [9.17, 15) is 4.79 Å². The lowest BCUT2D eigenvalue weighted by atomic mass is 9.93. The van der Waals surface area contributed by atoms with E-state index in [2.05, 4.69) is 23.9 Å². The Kier molecular flexibility index (Phi) is 3.42. The maximum absolute atomic E-state index is 11.8. The Bertz CT molecular complexity index is 240. The zero-order valence-electron chi connectivity index (χ0n) is 9.91. The molecule has 0 bridgehead atoms. The number of carbonyl (C=O) groups excluding carboxylic acids is 1. The van der Waals surface area contributed by atoms with Crippen molar-refractivity contribution >= 4 is 5.78 Å². The molecule has 1 saturated heterocycles. The molecular formula is C12H22N2O. The predicted molar refractivity (Wildman–Crippen MR) is 60.9 cm³/mol. The van der Waals surface area contributed by atoms with Gasteiger partial charge in [0.2, 0.25) is 0 Å². The van der Waals surface area contributed by atoms with Crippen LogP contribution in [0.2, 0.25) is 0 Å². The highest BCUT2D eigenvalue weighted by molar-refractivity contribution is 5.84. The van der Waals surface area contributed by atoms with Gasteiger partial charge in [0, 0.05) is 25.6 Å². The number of ketones is 1. The van der Waals surface area contributed by atoms with Gasteiger partial charge >= 0.3 is 0 Å². The summed E-state index contributed by atoms with van der Waals surface area (Å²) in [5.74, 6) is 0.487. The molecule has 2 fully saturated rings. The van der Waals surface area contributed by atoms with Crippen LogP contribution in [-0.2, 0) is 4.79 Å². The molecule has 86 valence electrons. The van der Waals surface area contributed by atoms with Crippen molar-refractivity contribution in [3.63, 3.8) is 0 Å². The molecule has 0 spiro atoms. The van der Waals surface area contributed by atoms with Crippen molar-refractivity contribution in [1.29, 1.82) is 0 Å². The topological polar surface area (TPSA) is 23.6 Å². The van der Waals surface area contributed by atoms with Crippen LogP contribution in [0.5, 0.6) is 0 Å². The number of likely N-dealkylation sites (N-methyl/N-ethyl adjacent to an activating group) is 1. The highest BCUT2D eigenvalue weighted by Crippen LogP contribution is 2.24. The molecule has 0 aromatic heterocycles. The lowest BCUT2D eigenvalue weighted by Crippen LogP contribution is -2.43. The Morgan fingerprint density at radius 2 is 2.07 bits per heavy atom. The normalized spacial score (nSPS) is 33.9. The average molecular weight is 210 g/mol. The summed E-state index contributed by atoms with van der Waals surface area (Å²) in [7, 11) is 4.27. The van der Waals surface area contributed by atoms with Gasteiger partial charge in [-0.05, 0) is 33.4 Å². The van der Waals surface area contributed by atoms with Crippen LogP contribution < -0.4 is 0 Å². The van der Waals surface area contributed by atoms with Crippen molar-refractivity contribution < 1.29 is 4.79 Å². The second kappa shape index (κ2) is 4.62. The van der Waals surface area contributed by atoms with E-state index in [1.54, 1.807) is 0 Å². The van der Waals surface area contributed by atoms with Gasteiger partial charge in [0.25, 0.3) is 0 Å². The van der Waals surface area contributed by atoms with Gasteiger partial charge in [-0.1, -0.05) is 6.42 Å². The molecule has 2 atom stereocenters. The first-order valence-electron chi connectivity index (χ1n) is 6.11. The Hall–Kier alpha value is -0.410. The van der Waals surface area contributed by atoms with Crippen LogP contribution >= 0.6 is 0 Å². The molecule has 3 nitrogen and oxygen atoms in total. The van der Waals surface area contributed by atoms with Gasteiger partial charge in [0.15, 0.2) is 0 Å². The maximum Gasteiger partial charge on any atom is 0.149 e. The lowest BCUT2D eigenvalue weighted by molar-refractivity contribution is -0.125. The van der Waals surface area contributed by atoms with Gasteiger partial charge in [0.05, 0.1) is 6.04 Å². The van der Waals surface area contributed by atoms with E-state index in [0.29, 0.717) is 11.8 Å².